The first kappa shape index (κ1) is 20.4. The number of aliphatic hydroxyl groups is 1. The Balaban J connectivity index is 1.22. The lowest BCUT2D eigenvalue weighted by Crippen LogP contribution is -2.53. The van der Waals surface area contributed by atoms with Crippen molar-refractivity contribution in [1.29, 1.82) is 0 Å². The Morgan fingerprint density at radius 2 is 2.06 bits per heavy atom. The van der Waals surface area contributed by atoms with E-state index < -0.39 is 10.8 Å². The van der Waals surface area contributed by atoms with Gasteiger partial charge in [0, 0.05) is 49.3 Å². The van der Waals surface area contributed by atoms with Gasteiger partial charge in [-0.25, -0.2) is 4.99 Å². The van der Waals surface area contributed by atoms with Crippen molar-refractivity contribution in [3.63, 3.8) is 0 Å². The SMILES string of the molecule is CN1C2=C(C(NC3(CO)CC3)=NC1N1CCC(c3noc4ccccc34)CC1)S(=O)CC2. The van der Waals surface area contributed by atoms with E-state index in [1.165, 1.54) is 0 Å². The van der Waals surface area contributed by atoms with Crippen molar-refractivity contribution in [3.05, 3.63) is 40.6 Å². The van der Waals surface area contributed by atoms with Gasteiger partial charge in [0.15, 0.2) is 11.9 Å². The Morgan fingerprint density at radius 3 is 2.81 bits per heavy atom. The second kappa shape index (κ2) is 7.67. The molecule has 1 saturated carbocycles. The molecule has 4 heterocycles. The smallest absolute Gasteiger partial charge is 0.180 e. The van der Waals surface area contributed by atoms with Gasteiger partial charge in [0.2, 0.25) is 0 Å². The van der Waals surface area contributed by atoms with Gasteiger partial charge in [-0.15, -0.1) is 0 Å². The van der Waals surface area contributed by atoms with E-state index in [2.05, 4.69) is 33.4 Å². The molecule has 0 bridgehead atoms. The molecule has 1 aliphatic carbocycles. The Labute approximate surface area is 189 Å². The van der Waals surface area contributed by atoms with Crippen molar-refractivity contribution in [2.24, 2.45) is 4.99 Å². The maximum atomic E-state index is 12.7. The molecule has 2 N–H and O–H groups in total. The maximum absolute atomic E-state index is 12.7. The second-order valence-corrected chi connectivity index (χ2v) is 11.0. The molecule has 32 heavy (non-hydrogen) atoms. The van der Waals surface area contributed by atoms with Crippen molar-refractivity contribution >= 4 is 27.6 Å². The van der Waals surface area contributed by atoms with Crippen LogP contribution < -0.4 is 5.32 Å². The molecule has 3 aliphatic heterocycles. The number of rotatable bonds is 4. The van der Waals surface area contributed by atoms with Gasteiger partial charge in [0.25, 0.3) is 0 Å². The standard InChI is InChI=1S/C23H29N5O3S/c1-27-17-8-13-32(30)20(17)21(25-23(14-29)9-10-23)24-22(27)28-11-6-15(7-12-28)19-16-4-2-3-5-18(16)31-26-19/h2-5,15,22,29H,6-14H2,1H3,(H,24,25). The normalized spacial score (nSPS) is 28.2. The highest BCUT2D eigenvalue weighted by molar-refractivity contribution is 7.90. The molecule has 1 aromatic heterocycles. The van der Waals surface area contributed by atoms with Crippen molar-refractivity contribution in [2.45, 2.75) is 49.9 Å². The summed E-state index contributed by atoms with van der Waals surface area (Å²) in [5.74, 6) is 1.76. The van der Waals surface area contributed by atoms with E-state index in [1.807, 2.05) is 18.2 Å². The van der Waals surface area contributed by atoms with Crippen LogP contribution in [0.3, 0.4) is 0 Å². The summed E-state index contributed by atoms with van der Waals surface area (Å²) in [6, 6.07) is 8.07. The fourth-order valence-electron chi connectivity index (χ4n) is 5.26. The van der Waals surface area contributed by atoms with Gasteiger partial charge in [-0.1, -0.05) is 17.3 Å². The first-order chi connectivity index (χ1) is 15.6. The van der Waals surface area contributed by atoms with E-state index in [0.717, 1.165) is 78.3 Å². The number of amidine groups is 1. The molecular formula is C23H29N5O3S. The van der Waals surface area contributed by atoms with E-state index in [-0.39, 0.29) is 18.4 Å². The largest absolute Gasteiger partial charge is 0.394 e. The first-order valence-corrected chi connectivity index (χ1v) is 12.8. The number of likely N-dealkylation sites (tertiary alicyclic amines) is 1. The third-order valence-corrected chi connectivity index (χ3v) is 8.89. The van der Waals surface area contributed by atoms with Crippen LogP contribution in [-0.2, 0) is 10.8 Å². The summed E-state index contributed by atoms with van der Waals surface area (Å²) in [6.07, 6.45) is 4.54. The summed E-state index contributed by atoms with van der Waals surface area (Å²) in [4.78, 5) is 10.5. The monoisotopic (exact) mass is 455 g/mol. The summed E-state index contributed by atoms with van der Waals surface area (Å²) in [5, 5.41) is 18.8. The highest BCUT2D eigenvalue weighted by Gasteiger charge is 2.46. The number of nitrogens with one attached hydrogen (secondary N) is 1. The number of allylic oxidation sites excluding steroid dienone is 1. The molecule has 2 atom stereocenters. The highest BCUT2D eigenvalue weighted by Crippen LogP contribution is 2.39. The van der Waals surface area contributed by atoms with Gasteiger partial charge in [0.1, 0.15) is 10.7 Å². The molecule has 2 aromatic rings. The Hall–Kier alpha value is -2.23. The minimum absolute atomic E-state index is 0.0822. The third kappa shape index (κ3) is 3.29. The summed E-state index contributed by atoms with van der Waals surface area (Å²) >= 11 is 0. The Kier molecular flexibility index (Phi) is 4.89. The number of aliphatic hydroxyl groups excluding tert-OH is 1. The second-order valence-electron chi connectivity index (χ2n) is 9.45. The average Bonchev–Trinajstić information content (AvgIpc) is 3.28. The molecular weight excluding hydrogens is 426 g/mol. The first-order valence-electron chi connectivity index (χ1n) is 11.5. The van der Waals surface area contributed by atoms with Crippen LogP contribution in [0, 0.1) is 0 Å². The molecule has 9 heteroatoms. The van der Waals surface area contributed by atoms with Crippen LogP contribution in [0.5, 0.6) is 0 Å². The minimum Gasteiger partial charge on any atom is -0.394 e. The predicted octanol–water partition coefficient (Wildman–Crippen LogP) is 2.11. The molecule has 1 saturated heterocycles. The van der Waals surface area contributed by atoms with Gasteiger partial charge in [-0.2, -0.15) is 0 Å². The third-order valence-electron chi connectivity index (χ3n) is 7.43. The predicted molar refractivity (Wildman–Crippen MR) is 123 cm³/mol. The van der Waals surface area contributed by atoms with Crippen LogP contribution in [-0.4, -0.2) is 74.4 Å². The molecule has 1 aromatic carbocycles. The van der Waals surface area contributed by atoms with Crippen molar-refractivity contribution < 1.29 is 13.8 Å². The Morgan fingerprint density at radius 1 is 1.28 bits per heavy atom. The van der Waals surface area contributed by atoms with Crippen molar-refractivity contribution in [3.8, 4) is 0 Å². The van der Waals surface area contributed by atoms with Crippen LogP contribution in [0.25, 0.3) is 11.0 Å². The number of nitrogens with zero attached hydrogens (tertiary/aromatic N) is 4. The molecule has 170 valence electrons. The fraction of sp³-hybridized carbons (Fsp3) is 0.565. The molecule has 0 amide bonds. The van der Waals surface area contributed by atoms with E-state index in [0.29, 0.717) is 11.7 Å². The average molecular weight is 456 g/mol. The Bertz CT molecular complexity index is 1130. The van der Waals surface area contributed by atoms with Crippen LogP contribution in [0.1, 0.15) is 43.7 Å². The molecule has 0 spiro atoms. The molecule has 8 nitrogen and oxygen atoms in total. The summed E-state index contributed by atoms with van der Waals surface area (Å²) in [6.45, 7) is 1.90. The molecule has 2 unspecified atom stereocenters. The lowest BCUT2D eigenvalue weighted by Gasteiger charge is -2.43. The fourth-order valence-corrected chi connectivity index (χ4v) is 6.67. The van der Waals surface area contributed by atoms with E-state index in [1.54, 1.807) is 0 Å². The number of aliphatic imine (C=N–C) groups is 1. The quantitative estimate of drug-likeness (QED) is 0.729. The van der Waals surface area contributed by atoms with E-state index >= 15 is 0 Å². The van der Waals surface area contributed by atoms with Gasteiger partial charge in [-0.05, 0) is 37.8 Å². The minimum atomic E-state index is -1.03. The number of hydrogen-bond donors (Lipinski definition) is 2. The maximum Gasteiger partial charge on any atom is 0.180 e. The number of piperidine rings is 1. The zero-order chi connectivity index (χ0) is 21.9. The number of fused-ring (bicyclic) bond motifs is 1. The van der Waals surface area contributed by atoms with Crippen molar-refractivity contribution in [2.75, 3.05) is 32.5 Å². The molecule has 0 radical (unpaired) electrons. The van der Waals surface area contributed by atoms with Crippen LogP contribution in [0.15, 0.2) is 44.4 Å². The summed E-state index contributed by atoms with van der Waals surface area (Å²) < 4.78 is 18.3. The number of benzene rings is 1. The van der Waals surface area contributed by atoms with Gasteiger partial charge in [0.05, 0.1) is 28.6 Å². The van der Waals surface area contributed by atoms with Crippen LogP contribution in [0.2, 0.25) is 0 Å². The van der Waals surface area contributed by atoms with E-state index in [4.69, 9.17) is 9.52 Å². The summed E-state index contributed by atoms with van der Waals surface area (Å²) in [5.41, 5.74) is 2.76. The number of hydrogen-bond acceptors (Lipinski definition) is 8. The van der Waals surface area contributed by atoms with Crippen molar-refractivity contribution in [1.82, 2.24) is 20.3 Å². The lowest BCUT2D eigenvalue weighted by molar-refractivity contribution is 0.0627. The van der Waals surface area contributed by atoms with Gasteiger partial charge < -0.3 is 19.8 Å². The zero-order valence-electron chi connectivity index (χ0n) is 18.3. The molecule has 6 rings (SSSR count). The van der Waals surface area contributed by atoms with E-state index in [9.17, 15) is 9.32 Å². The molecule has 2 fully saturated rings. The van der Waals surface area contributed by atoms with Crippen LogP contribution >= 0.6 is 0 Å². The topological polar surface area (TPSA) is 94.2 Å². The highest BCUT2D eigenvalue weighted by atomic mass is 32.2. The number of para-hydroxylation sites is 1. The summed E-state index contributed by atoms with van der Waals surface area (Å²) in [7, 11) is 1.04. The molecule has 4 aliphatic rings. The van der Waals surface area contributed by atoms with Crippen LogP contribution in [0.4, 0.5) is 0 Å². The lowest BCUT2D eigenvalue weighted by atomic mass is 9.91. The zero-order valence-corrected chi connectivity index (χ0v) is 19.1. The number of aromatic nitrogens is 1. The van der Waals surface area contributed by atoms with Gasteiger partial charge >= 0.3 is 0 Å². The van der Waals surface area contributed by atoms with Gasteiger partial charge in [-0.3, -0.25) is 9.11 Å².